The van der Waals surface area contributed by atoms with Gasteiger partial charge in [-0.3, -0.25) is 0 Å². The number of hydrogen-bond donors (Lipinski definition) is 1. The smallest absolute Gasteiger partial charge is 0.402 e. The predicted molar refractivity (Wildman–Crippen MR) is 55.4 cm³/mol. The third-order valence-electron chi connectivity index (χ3n) is 1.52. The van der Waals surface area contributed by atoms with Crippen LogP contribution in [0.3, 0.4) is 0 Å². The number of unbranched alkanes of at least 4 members (excludes halogenated alkanes) is 2. The summed E-state index contributed by atoms with van der Waals surface area (Å²) in [6.45, 7) is 5.30. The summed E-state index contributed by atoms with van der Waals surface area (Å²) in [6, 6.07) is 0. The van der Waals surface area contributed by atoms with Gasteiger partial charge in [-0.1, -0.05) is 26.7 Å². The molecule has 0 fully saturated rings. The molecule has 0 aromatic heterocycles. The normalized spacial score (nSPS) is 9.46. The van der Waals surface area contributed by atoms with Crippen molar-refractivity contribution in [2.75, 3.05) is 13.2 Å². The fourth-order valence-corrected chi connectivity index (χ4v) is 0.705. The molecule has 0 spiro atoms. The van der Waals surface area contributed by atoms with Crippen LogP contribution in [0.25, 0.3) is 0 Å². The Kier molecular flexibility index (Phi) is 15.9. The van der Waals surface area contributed by atoms with Crippen molar-refractivity contribution in [1.82, 2.24) is 0 Å². The van der Waals surface area contributed by atoms with Crippen LogP contribution in [0.1, 0.15) is 39.5 Å². The van der Waals surface area contributed by atoms with Crippen LogP contribution >= 0.6 is 0 Å². The second-order valence-electron chi connectivity index (χ2n) is 2.76. The van der Waals surface area contributed by atoms with Crippen LogP contribution in [0.2, 0.25) is 0 Å². The van der Waals surface area contributed by atoms with Gasteiger partial charge in [0.15, 0.2) is 0 Å². The van der Waals surface area contributed by atoms with E-state index < -0.39 is 7.32 Å². The Morgan fingerprint density at radius 1 is 1.00 bits per heavy atom. The van der Waals surface area contributed by atoms with Crippen molar-refractivity contribution in [2.24, 2.45) is 0 Å². The molecule has 4 radical (unpaired) electrons. The first kappa shape index (κ1) is 16.2. The minimum Gasteiger partial charge on any atom is -0.402 e. The molecule has 0 heterocycles. The molecule has 0 saturated carbocycles. The second kappa shape index (κ2) is 12.7. The van der Waals surface area contributed by atoms with E-state index in [-0.39, 0.29) is 23.9 Å². The van der Waals surface area contributed by atoms with E-state index >= 15 is 0 Å². The summed E-state index contributed by atoms with van der Waals surface area (Å²) in [6.07, 6.45) is 4.08. The molecule has 0 aromatic carbocycles. The fourth-order valence-electron chi connectivity index (χ4n) is 0.705. The van der Waals surface area contributed by atoms with Gasteiger partial charge >= 0.3 is 7.32 Å². The SMILES string of the molecule is CCCCOB(O)OCCCC.[Sn]. The third kappa shape index (κ3) is 12.7. The maximum atomic E-state index is 9.06. The molecular weight excluding hydrogens is 274 g/mol. The number of hydrogen-bond acceptors (Lipinski definition) is 3. The van der Waals surface area contributed by atoms with Gasteiger partial charge in [0, 0.05) is 37.1 Å². The summed E-state index contributed by atoms with van der Waals surface area (Å²) in [5.41, 5.74) is 0. The maximum Gasteiger partial charge on any atom is 0.636 e. The van der Waals surface area contributed by atoms with Gasteiger partial charge in [0.05, 0.1) is 0 Å². The van der Waals surface area contributed by atoms with Gasteiger partial charge < -0.3 is 14.3 Å². The Morgan fingerprint density at radius 3 is 1.69 bits per heavy atom. The van der Waals surface area contributed by atoms with Crippen molar-refractivity contribution < 1.29 is 14.3 Å². The van der Waals surface area contributed by atoms with E-state index in [0.29, 0.717) is 13.2 Å². The van der Waals surface area contributed by atoms with Crippen LogP contribution < -0.4 is 0 Å². The van der Waals surface area contributed by atoms with E-state index in [1.807, 2.05) is 0 Å². The first-order chi connectivity index (χ1) is 5.81. The van der Waals surface area contributed by atoms with Gasteiger partial charge in [0.1, 0.15) is 0 Å². The van der Waals surface area contributed by atoms with Gasteiger partial charge in [0.2, 0.25) is 0 Å². The number of rotatable bonds is 8. The molecule has 1 N–H and O–H groups in total. The van der Waals surface area contributed by atoms with Gasteiger partial charge in [0.25, 0.3) is 0 Å². The molecule has 0 aliphatic rings. The molecule has 5 heteroatoms. The Balaban J connectivity index is 0. The van der Waals surface area contributed by atoms with Crippen LogP contribution in [-0.4, -0.2) is 49.5 Å². The molecule has 0 bridgehead atoms. The van der Waals surface area contributed by atoms with Crippen LogP contribution in [0, 0.1) is 0 Å². The summed E-state index contributed by atoms with van der Waals surface area (Å²) in [5.74, 6) is 0. The van der Waals surface area contributed by atoms with E-state index in [1.54, 1.807) is 0 Å². The van der Waals surface area contributed by atoms with Crippen molar-refractivity contribution in [1.29, 1.82) is 0 Å². The van der Waals surface area contributed by atoms with Gasteiger partial charge in [-0.2, -0.15) is 0 Å². The van der Waals surface area contributed by atoms with Crippen molar-refractivity contribution in [2.45, 2.75) is 39.5 Å². The summed E-state index contributed by atoms with van der Waals surface area (Å²) in [5, 5.41) is 9.06. The largest absolute Gasteiger partial charge is 0.636 e. The fraction of sp³-hybridized carbons (Fsp3) is 1.00. The van der Waals surface area contributed by atoms with Crippen LogP contribution in [-0.2, 0) is 9.31 Å². The van der Waals surface area contributed by atoms with Crippen molar-refractivity contribution in [3.05, 3.63) is 0 Å². The molecule has 0 amide bonds. The molecule has 13 heavy (non-hydrogen) atoms. The Morgan fingerprint density at radius 2 is 1.38 bits per heavy atom. The molecule has 0 saturated heterocycles. The summed E-state index contributed by atoms with van der Waals surface area (Å²) < 4.78 is 9.92. The molecule has 0 aliphatic carbocycles. The van der Waals surface area contributed by atoms with E-state index in [9.17, 15) is 0 Å². The monoisotopic (exact) mass is 294 g/mol. The van der Waals surface area contributed by atoms with E-state index in [4.69, 9.17) is 14.3 Å². The Bertz CT molecular complexity index is 85.5. The van der Waals surface area contributed by atoms with E-state index in [1.165, 1.54) is 0 Å². The quantitative estimate of drug-likeness (QED) is 0.540. The zero-order chi connectivity index (χ0) is 9.23. The summed E-state index contributed by atoms with van der Waals surface area (Å²) >= 11 is 0. The maximum absolute atomic E-state index is 9.06. The summed E-state index contributed by atoms with van der Waals surface area (Å²) in [7, 11) is -1.02. The first-order valence-electron chi connectivity index (χ1n) is 4.72. The molecule has 76 valence electrons. The predicted octanol–water partition coefficient (Wildman–Crippen LogP) is 1.22. The molecule has 0 unspecified atom stereocenters. The Labute approximate surface area is 98.3 Å². The average Bonchev–Trinajstić information content (AvgIpc) is 2.06. The molecule has 3 nitrogen and oxygen atoms in total. The zero-order valence-electron chi connectivity index (χ0n) is 8.58. The van der Waals surface area contributed by atoms with Crippen molar-refractivity contribution in [3.63, 3.8) is 0 Å². The molecule has 0 atom stereocenters. The van der Waals surface area contributed by atoms with Crippen LogP contribution in [0.5, 0.6) is 0 Å². The van der Waals surface area contributed by atoms with Crippen molar-refractivity contribution in [3.8, 4) is 0 Å². The molecular formula is C8H19BO3Sn. The van der Waals surface area contributed by atoms with E-state index in [0.717, 1.165) is 25.7 Å². The van der Waals surface area contributed by atoms with Gasteiger partial charge in [-0.05, 0) is 12.8 Å². The second-order valence-corrected chi connectivity index (χ2v) is 2.76. The van der Waals surface area contributed by atoms with Crippen LogP contribution in [0.15, 0.2) is 0 Å². The minimum absolute atomic E-state index is 0. The van der Waals surface area contributed by atoms with E-state index in [2.05, 4.69) is 13.8 Å². The third-order valence-corrected chi connectivity index (χ3v) is 1.52. The average molecular weight is 293 g/mol. The standard InChI is InChI=1S/C8H19BO3.Sn/c1-3-5-7-11-9(10)12-8-6-4-2;/h10H,3-8H2,1-2H3;. The van der Waals surface area contributed by atoms with Crippen LogP contribution in [0.4, 0.5) is 0 Å². The first-order valence-corrected chi connectivity index (χ1v) is 4.72. The topological polar surface area (TPSA) is 38.7 Å². The molecule has 0 aliphatic heterocycles. The zero-order valence-corrected chi connectivity index (χ0v) is 11.4. The van der Waals surface area contributed by atoms with Crippen molar-refractivity contribution >= 4 is 31.2 Å². The van der Waals surface area contributed by atoms with Gasteiger partial charge in [-0.15, -0.1) is 0 Å². The van der Waals surface area contributed by atoms with Gasteiger partial charge in [-0.25, -0.2) is 0 Å². The minimum atomic E-state index is -1.02. The molecule has 0 aromatic rings. The molecule has 0 rings (SSSR count). The summed E-state index contributed by atoms with van der Waals surface area (Å²) in [4.78, 5) is 0. The Hall–Kier alpha value is 0.744.